The van der Waals surface area contributed by atoms with Crippen LogP contribution in [-0.4, -0.2) is 6.04 Å². The number of rotatable bonds is 3. The Bertz CT molecular complexity index is 928. The number of fused-ring (bicyclic) bond motifs is 2. The Morgan fingerprint density at radius 2 is 1.42 bits per heavy atom. The Kier molecular flexibility index (Phi) is 4.54. The van der Waals surface area contributed by atoms with Gasteiger partial charge >= 0.3 is 0 Å². The van der Waals surface area contributed by atoms with Gasteiger partial charge in [-0.25, -0.2) is 0 Å². The molecule has 1 nitrogen and oxygen atoms in total. The van der Waals surface area contributed by atoms with Crippen molar-refractivity contribution < 1.29 is 0 Å². The molecule has 1 aliphatic rings. The van der Waals surface area contributed by atoms with Gasteiger partial charge in [0.2, 0.25) is 0 Å². The molecule has 0 fully saturated rings. The summed E-state index contributed by atoms with van der Waals surface area (Å²) in [6.45, 7) is 9.15. The fourth-order valence-corrected chi connectivity index (χ4v) is 4.90. The van der Waals surface area contributed by atoms with E-state index < -0.39 is 0 Å². The summed E-state index contributed by atoms with van der Waals surface area (Å²) in [5, 5.41) is 0. The van der Waals surface area contributed by atoms with Crippen molar-refractivity contribution in [2.75, 3.05) is 4.90 Å². The van der Waals surface area contributed by atoms with Crippen molar-refractivity contribution in [2.45, 2.75) is 49.4 Å². The molecule has 0 radical (unpaired) electrons. The molecule has 4 rings (SSSR count). The van der Waals surface area contributed by atoms with Crippen LogP contribution < -0.4 is 4.90 Å². The Balaban J connectivity index is 2.05. The predicted molar refractivity (Wildman–Crippen MR) is 114 cm³/mol. The van der Waals surface area contributed by atoms with Crippen LogP contribution in [-0.2, 0) is 0 Å². The first-order valence-corrected chi connectivity index (χ1v) is 10.2. The molecule has 3 aromatic rings. The molecule has 26 heavy (non-hydrogen) atoms. The summed E-state index contributed by atoms with van der Waals surface area (Å²) < 4.78 is 0. The van der Waals surface area contributed by atoms with Crippen LogP contribution in [0.4, 0.5) is 11.4 Å². The van der Waals surface area contributed by atoms with E-state index in [9.17, 15) is 0 Å². The molecule has 0 saturated heterocycles. The summed E-state index contributed by atoms with van der Waals surface area (Å²) in [4.78, 5) is 5.21. The molecule has 0 saturated carbocycles. The molecule has 0 bridgehead atoms. The van der Waals surface area contributed by atoms with Gasteiger partial charge in [0.25, 0.3) is 0 Å². The van der Waals surface area contributed by atoms with Gasteiger partial charge in [0, 0.05) is 21.4 Å². The van der Waals surface area contributed by atoms with E-state index in [1.165, 1.54) is 37.9 Å². The van der Waals surface area contributed by atoms with Crippen molar-refractivity contribution in [3.63, 3.8) is 0 Å². The fraction of sp³-hybridized carbons (Fsp3) is 0.250. The third-order valence-electron chi connectivity index (χ3n) is 4.96. The normalized spacial score (nSPS) is 13.1. The van der Waals surface area contributed by atoms with Gasteiger partial charge in [-0.2, -0.15) is 0 Å². The third kappa shape index (κ3) is 2.83. The lowest BCUT2D eigenvalue weighted by Gasteiger charge is -2.38. The number of para-hydroxylation sites is 1. The molecular weight excluding hydrogens is 334 g/mol. The lowest BCUT2D eigenvalue weighted by Crippen LogP contribution is -2.29. The molecule has 0 unspecified atom stereocenters. The molecular formula is C24H25NS. The predicted octanol–water partition coefficient (Wildman–Crippen LogP) is 7.49. The third-order valence-corrected chi connectivity index (χ3v) is 6.07. The minimum absolute atomic E-state index is 0.390. The van der Waals surface area contributed by atoms with Crippen molar-refractivity contribution in [1.29, 1.82) is 0 Å². The number of hydrogen-bond donors (Lipinski definition) is 0. The maximum atomic E-state index is 2.52. The van der Waals surface area contributed by atoms with E-state index >= 15 is 0 Å². The molecule has 0 spiro atoms. The van der Waals surface area contributed by atoms with Gasteiger partial charge in [0.05, 0.1) is 11.4 Å². The smallest absolute Gasteiger partial charge is 0.0637 e. The minimum atomic E-state index is 0.390. The summed E-state index contributed by atoms with van der Waals surface area (Å²) in [6, 6.07) is 24.7. The Labute approximate surface area is 161 Å². The maximum absolute atomic E-state index is 2.52. The van der Waals surface area contributed by atoms with Gasteiger partial charge in [0.15, 0.2) is 0 Å². The highest BCUT2D eigenvalue weighted by atomic mass is 32.2. The van der Waals surface area contributed by atoms with E-state index in [2.05, 4.69) is 99.3 Å². The molecule has 1 heterocycles. The minimum Gasteiger partial charge on any atom is -0.337 e. The molecule has 0 atom stereocenters. The number of hydrogen-bond acceptors (Lipinski definition) is 2. The summed E-state index contributed by atoms with van der Waals surface area (Å²) >= 11 is 1.89. The second kappa shape index (κ2) is 6.85. The van der Waals surface area contributed by atoms with E-state index in [1.54, 1.807) is 0 Å². The lowest BCUT2D eigenvalue weighted by molar-refractivity contribution is 0.770. The first-order chi connectivity index (χ1) is 12.6. The van der Waals surface area contributed by atoms with Crippen LogP contribution in [0, 0.1) is 0 Å². The molecule has 0 amide bonds. The average molecular weight is 360 g/mol. The zero-order valence-electron chi connectivity index (χ0n) is 15.9. The molecule has 3 aromatic carbocycles. The van der Waals surface area contributed by atoms with E-state index in [0.29, 0.717) is 12.0 Å². The molecule has 1 aliphatic heterocycles. The van der Waals surface area contributed by atoms with Crippen molar-refractivity contribution in [2.24, 2.45) is 0 Å². The zero-order valence-corrected chi connectivity index (χ0v) is 16.7. The molecule has 0 aromatic heterocycles. The summed E-state index contributed by atoms with van der Waals surface area (Å²) in [6.07, 6.45) is 0. The molecule has 0 aliphatic carbocycles. The van der Waals surface area contributed by atoms with E-state index in [0.717, 1.165) is 0 Å². The summed E-state index contributed by atoms with van der Waals surface area (Å²) in [7, 11) is 0. The van der Waals surface area contributed by atoms with Crippen LogP contribution in [0.2, 0.25) is 0 Å². The van der Waals surface area contributed by atoms with Gasteiger partial charge in [-0.15, -0.1) is 0 Å². The fourth-order valence-electron chi connectivity index (χ4n) is 3.82. The van der Waals surface area contributed by atoms with E-state index in [1.807, 2.05) is 11.8 Å². The number of nitrogens with zero attached hydrogens (tertiary/aromatic N) is 1. The van der Waals surface area contributed by atoms with Crippen molar-refractivity contribution >= 4 is 23.1 Å². The number of anilines is 2. The van der Waals surface area contributed by atoms with Gasteiger partial charge in [0.1, 0.15) is 0 Å². The van der Waals surface area contributed by atoms with E-state index in [4.69, 9.17) is 0 Å². The van der Waals surface area contributed by atoms with Crippen LogP contribution >= 0.6 is 11.8 Å². The summed E-state index contributed by atoms with van der Waals surface area (Å²) in [5.41, 5.74) is 6.78. The van der Waals surface area contributed by atoms with Crippen LogP contribution in [0.1, 0.15) is 39.2 Å². The van der Waals surface area contributed by atoms with Gasteiger partial charge in [-0.05, 0) is 49.1 Å². The topological polar surface area (TPSA) is 3.24 Å². The maximum Gasteiger partial charge on any atom is 0.0637 e. The summed E-state index contributed by atoms with van der Waals surface area (Å²) in [5.74, 6) is 0.478. The SMILES string of the molecule is CC(C)c1ccc2c(c1-c1ccccc1)N(C(C)C)c1ccccc1S2. The highest BCUT2D eigenvalue weighted by Crippen LogP contribution is 2.54. The Hall–Kier alpha value is -2.19. The second-order valence-electron chi connectivity index (χ2n) is 7.43. The number of benzene rings is 3. The first kappa shape index (κ1) is 17.2. The lowest BCUT2D eigenvalue weighted by atomic mass is 9.90. The van der Waals surface area contributed by atoms with E-state index in [-0.39, 0.29) is 0 Å². The molecule has 0 N–H and O–H groups in total. The van der Waals surface area contributed by atoms with Crippen LogP contribution in [0.3, 0.4) is 0 Å². The quantitative estimate of drug-likeness (QED) is 0.476. The standard InChI is InChI=1S/C24H25NS/c1-16(2)19-14-15-22-24(23(19)18-10-6-5-7-11-18)25(17(3)4)20-12-8-9-13-21(20)26-22/h5-17H,1-4H3. The van der Waals surface area contributed by atoms with Crippen LogP contribution in [0.25, 0.3) is 11.1 Å². The van der Waals surface area contributed by atoms with Gasteiger partial charge in [-0.3, -0.25) is 0 Å². The largest absolute Gasteiger partial charge is 0.337 e. The van der Waals surface area contributed by atoms with Gasteiger partial charge < -0.3 is 4.90 Å². The zero-order chi connectivity index (χ0) is 18.3. The van der Waals surface area contributed by atoms with Crippen molar-refractivity contribution in [3.8, 4) is 11.1 Å². The first-order valence-electron chi connectivity index (χ1n) is 9.36. The molecule has 132 valence electrons. The average Bonchev–Trinajstić information content (AvgIpc) is 2.65. The monoisotopic (exact) mass is 359 g/mol. The highest BCUT2D eigenvalue weighted by Gasteiger charge is 2.29. The molecule has 2 heteroatoms. The highest BCUT2D eigenvalue weighted by molar-refractivity contribution is 7.99. The second-order valence-corrected chi connectivity index (χ2v) is 8.51. The van der Waals surface area contributed by atoms with Gasteiger partial charge in [-0.1, -0.05) is 74.1 Å². The Morgan fingerprint density at radius 1 is 0.731 bits per heavy atom. The van der Waals surface area contributed by atoms with Crippen molar-refractivity contribution in [1.82, 2.24) is 0 Å². The van der Waals surface area contributed by atoms with Crippen molar-refractivity contribution in [3.05, 3.63) is 72.3 Å². The van der Waals surface area contributed by atoms with Crippen LogP contribution in [0.15, 0.2) is 76.5 Å². The Morgan fingerprint density at radius 3 is 2.12 bits per heavy atom. The van der Waals surface area contributed by atoms with Crippen LogP contribution in [0.5, 0.6) is 0 Å².